The molecule has 3 rings (SSSR count). The molecule has 0 unspecified atom stereocenters. The number of carbonyl (C=O) groups excluding carboxylic acids is 1. The van der Waals surface area contributed by atoms with Crippen molar-refractivity contribution in [1.82, 2.24) is 5.32 Å². The van der Waals surface area contributed by atoms with Crippen LogP contribution in [-0.2, 0) is 21.9 Å². The third-order valence-electron chi connectivity index (χ3n) is 4.74. The molecule has 6 heteroatoms. The summed E-state index contributed by atoms with van der Waals surface area (Å²) in [5.74, 6) is 1.18. The Morgan fingerprint density at radius 1 is 1.25 bits per heavy atom. The molecular formula is C22H26FNO3S. The molecule has 2 aromatic rings. The molecule has 0 aromatic heterocycles. The fourth-order valence-electron chi connectivity index (χ4n) is 3.17. The Morgan fingerprint density at radius 3 is 2.71 bits per heavy atom. The number of ether oxygens (including phenoxy) is 2. The first-order valence-electron chi connectivity index (χ1n) is 9.62. The standard InChI is InChI=1S/C22H26FNO3S/c1-3-19(4-2)24-20(25)14-28-13-17-11-18(23)10-16-12-26-22(27-21(16)17)15-8-6-5-7-9-15/h5-11,19,22H,3-4,12-14H2,1-2H3,(H,24,25)/t22-/m1/s1. The number of rotatable bonds is 8. The Kier molecular flexibility index (Phi) is 7.34. The van der Waals surface area contributed by atoms with Gasteiger partial charge < -0.3 is 14.8 Å². The molecule has 0 fully saturated rings. The average molecular weight is 404 g/mol. The van der Waals surface area contributed by atoms with Crippen molar-refractivity contribution >= 4 is 17.7 Å². The lowest BCUT2D eigenvalue weighted by Gasteiger charge is -2.28. The number of thioether (sulfide) groups is 1. The van der Waals surface area contributed by atoms with Crippen molar-refractivity contribution < 1.29 is 18.7 Å². The predicted molar refractivity (Wildman–Crippen MR) is 110 cm³/mol. The van der Waals surface area contributed by atoms with Crippen LogP contribution < -0.4 is 10.1 Å². The van der Waals surface area contributed by atoms with Crippen molar-refractivity contribution in [3.63, 3.8) is 0 Å². The highest BCUT2D eigenvalue weighted by atomic mass is 32.2. The summed E-state index contributed by atoms with van der Waals surface area (Å²) in [7, 11) is 0. The van der Waals surface area contributed by atoms with Crippen LogP contribution in [0, 0.1) is 5.82 Å². The molecular weight excluding hydrogens is 377 g/mol. The van der Waals surface area contributed by atoms with Crippen LogP contribution >= 0.6 is 11.8 Å². The van der Waals surface area contributed by atoms with Crippen LogP contribution in [0.15, 0.2) is 42.5 Å². The summed E-state index contributed by atoms with van der Waals surface area (Å²) in [6, 6.07) is 12.8. The van der Waals surface area contributed by atoms with Crippen molar-refractivity contribution in [2.45, 2.75) is 51.4 Å². The van der Waals surface area contributed by atoms with E-state index < -0.39 is 6.29 Å². The lowest BCUT2D eigenvalue weighted by Crippen LogP contribution is -2.35. The largest absolute Gasteiger partial charge is 0.460 e. The van der Waals surface area contributed by atoms with Crippen LogP contribution in [0.2, 0.25) is 0 Å². The SMILES string of the molecule is CCC(CC)NC(=O)CSCc1cc(F)cc2c1O[C@H](c1ccccc1)OC2. The zero-order valence-corrected chi connectivity index (χ0v) is 17.1. The summed E-state index contributed by atoms with van der Waals surface area (Å²) in [6.45, 7) is 4.41. The van der Waals surface area contributed by atoms with E-state index >= 15 is 0 Å². The van der Waals surface area contributed by atoms with Crippen molar-refractivity contribution in [2.75, 3.05) is 5.75 Å². The van der Waals surface area contributed by atoms with Crippen LogP contribution in [-0.4, -0.2) is 17.7 Å². The van der Waals surface area contributed by atoms with Gasteiger partial charge in [-0.3, -0.25) is 4.79 Å². The van der Waals surface area contributed by atoms with E-state index in [4.69, 9.17) is 9.47 Å². The summed E-state index contributed by atoms with van der Waals surface area (Å²) in [6.07, 6.45) is 1.32. The number of hydrogen-bond acceptors (Lipinski definition) is 4. The van der Waals surface area contributed by atoms with Crippen LogP contribution in [0.1, 0.15) is 49.7 Å². The van der Waals surface area contributed by atoms with Crippen LogP contribution in [0.5, 0.6) is 5.75 Å². The van der Waals surface area contributed by atoms with Gasteiger partial charge in [-0.2, -0.15) is 0 Å². The molecule has 1 heterocycles. The Hall–Kier alpha value is -2.05. The molecule has 28 heavy (non-hydrogen) atoms. The lowest BCUT2D eigenvalue weighted by molar-refractivity contribution is -0.119. The number of fused-ring (bicyclic) bond motifs is 1. The zero-order valence-electron chi connectivity index (χ0n) is 16.2. The Balaban J connectivity index is 1.66. The number of amides is 1. The molecule has 1 aliphatic heterocycles. The van der Waals surface area contributed by atoms with Crippen molar-refractivity contribution in [2.24, 2.45) is 0 Å². The van der Waals surface area contributed by atoms with Crippen LogP contribution in [0.4, 0.5) is 4.39 Å². The molecule has 150 valence electrons. The van der Waals surface area contributed by atoms with E-state index in [9.17, 15) is 9.18 Å². The highest BCUT2D eigenvalue weighted by Gasteiger charge is 2.25. The third-order valence-corrected chi connectivity index (χ3v) is 5.72. The summed E-state index contributed by atoms with van der Waals surface area (Å²) >= 11 is 1.46. The van der Waals surface area contributed by atoms with Gasteiger partial charge in [-0.25, -0.2) is 4.39 Å². The number of benzene rings is 2. The van der Waals surface area contributed by atoms with Gasteiger partial charge in [0.05, 0.1) is 12.4 Å². The van der Waals surface area contributed by atoms with Gasteiger partial charge in [-0.1, -0.05) is 44.2 Å². The molecule has 4 nitrogen and oxygen atoms in total. The minimum Gasteiger partial charge on any atom is -0.460 e. The smallest absolute Gasteiger partial charge is 0.230 e. The summed E-state index contributed by atoms with van der Waals surface area (Å²) < 4.78 is 25.8. The lowest BCUT2D eigenvalue weighted by atomic mass is 10.1. The maximum Gasteiger partial charge on any atom is 0.230 e. The number of nitrogens with one attached hydrogen (secondary N) is 1. The first kappa shape index (κ1) is 20.7. The van der Waals surface area contributed by atoms with Crippen LogP contribution in [0.25, 0.3) is 0 Å². The van der Waals surface area contributed by atoms with Gasteiger partial charge in [0.25, 0.3) is 0 Å². The number of hydrogen-bond donors (Lipinski definition) is 1. The second-order valence-corrected chi connectivity index (χ2v) is 7.78. The Bertz CT molecular complexity index is 796. The van der Waals surface area contributed by atoms with E-state index in [1.165, 1.54) is 23.9 Å². The normalized spacial score (nSPS) is 15.8. The third kappa shape index (κ3) is 5.26. The van der Waals surface area contributed by atoms with Crippen LogP contribution in [0.3, 0.4) is 0 Å². The molecule has 0 saturated carbocycles. The van der Waals surface area contributed by atoms with Gasteiger partial charge >= 0.3 is 0 Å². The quantitative estimate of drug-likeness (QED) is 0.676. The van der Waals surface area contributed by atoms with Crippen molar-refractivity contribution in [3.05, 3.63) is 65.0 Å². The van der Waals surface area contributed by atoms with E-state index in [-0.39, 0.29) is 17.8 Å². The molecule has 0 aliphatic carbocycles. The highest BCUT2D eigenvalue weighted by Crippen LogP contribution is 2.37. The molecule has 0 bridgehead atoms. The summed E-state index contributed by atoms with van der Waals surface area (Å²) in [5.41, 5.74) is 2.37. The maximum absolute atomic E-state index is 14.0. The van der Waals surface area contributed by atoms with E-state index in [0.717, 1.165) is 24.0 Å². The Labute approximate surface area is 169 Å². The molecule has 2 aromatic carbocycles. The summed E-state index contributed by atoms with van der Waals surface area (Å²) in [4.78, 5) is 12.1. The van der Waals surface area contributed by atoms with Gasteiger partial charge in [0, 0.05) is 28.5 Å². The van der Waals surface area contributed by atoms with E-state index in [2.05, 4.69) is 19.2 Å². The van der Waals surface area contributed by atoms with E-state index in [1.54, 1.807) is 0 Å². The first-order valence-corrected chi connectivity index (χ1v) is 10.8. The monoisotopic (exact) mass is 403 g/mol. The molecule has 1 amide bonds. The van der Waals surface area contributed by atoms with Gasteiger partial charge in [-0.15, -0.1) is 11.8 Å². The molecule has 1 aliphatic rings. The van der Waals surface area contributed by atoms with Crippen molar-refractivity contribution in [1.29, 1.82) is 0 Å². The highest BCUT2D eigenvalue weighted by molar-refractivity contribution is 7.99. The zero-order chi connectivity index (χ0) is 19.9. The van der Waals surface area contributed by atoms with Gasteiger partial charge in [-0.05, 0) is 25.0 Å². The number of halogens is 1. The average Bonchev–Trinajstić information content (AvgIpc) is 2.72. The fraction of sp³-hybridized carbons (Fsp3) is 0.409. The molecule has 0 spiro atoms. The van der Waals surface area contributed by atoms with Crippen molar-refractivity contribution in [3.8, 4) is 5.75 Å². The second-order valence-electron chi connectivity index (χ2n) is 6.80. The molecule has 0 radical (unpaired) electrons. The first-order chi connectivity index (χ1) is 13.6. The maximum atomic E-state index is 14.0. The Morgan fingerprint density at radius 2 is 2.00 bits per heavy atom. The topological polar surface area (TPSA) is 47.6 Å². The summed E-state index contributed by atoms with van der Waals surface area (Å²) in [5, 5.41) is 3.02. The van der Waals surface area contributed by atoms with Gasteiger partial charge in [0.2, 0.25) is 12.2 Å². The minimum absolute atomic E-state index is 0.00962. The molecule has 1 atom stereocenters. The molecule has 0 saturated heterocycles. The van der Waals surface area contributed by atoms with Gasteiger partial charge in [0.15, 0.2) is 0 Å². The predicted octanol–water partition coefficient (Wildman–Crippen LogP) is 4.97. The second kappa shape index (κ2) is 9.94. The molecule has 1 N–H and O–H groups in total. The van der Waals surface area contributed by atoms with Gasteiger partial charge in [0.1, 0.15) is 11.6 Å². The van der Waals surface area contributed by atoms with E-state index in [1.807, 2.05) is 30.3 Å². The minimum atomic E-state index is -0.513. The van der Waals surface area contributed by atoms with E-state index in [0.29, 0.717) is 29.4 Å². The number of carbonyl (C=O) groups is 1. The fourth-order valence-corrected chi connectivity index (χ4v) is 3.98.